The number of hydrogen-bond acceptors (Lipinski definition) is 3. The Morgan fingerprint density at radius 3 is 2.62 bits per heavy atom. The van der Waals surface area contributed by atoms with Crippen molar-refractivity contribution in [3.8, 4) is 11.3 Å². The maximum Gasteiger partial charge on any atom is 0.195 e. The van der Waals surface area contributed by atoms with Crippen molar-refractivity contribution in [1.82, 2.24) is 0 Å². The van der Waals surface area contributed by atoms with Crippen LogP contribution in [0.1, 0.15) is 15.4 Å². The van der Waals surface area contributed by atoms with E-state index in [0.717, 1.165) is 5.56 Å². The zero-order chi connectivity index (χ0) is 14.7. The Hall–Kier alpha value is -2.46. The van der Waals surface area contributed by atoms with Crippen molar-refractivity contribution >= 4 is 23.2 Å². The average molecular weight is 298 g/mol. The number of rotatable bonds is 4. The minimum Gasteiger partial charge on any atom is -0.457 e. The van der Waals surface area contributed by atoms with Crippen LogP contribution in [-0.4, -0.2) is 5.78 Å². The van der Waals surface area contributed by atoms with E-state index < -0.39 is 0 Å². The highest BCUT2D eigenvalue weighted by Crippen LogP contribution is 2.23. The molecule has 1 aromatic carbocycles. The lowest BCUT2D eigenvalue weighted by Crippen LogP contribution is -1.88. The van der Waals surface area contributed by atoms with Crippen LogP contribution in [0, 0.1) is 5.82 Å². The van der Waals surface area contributed by atoms with Crippen LogP contribution in [0.15, 0.2) is 64.4 Å². The minimum atomic E-state index is -0.285. The molecule has 0 fully saturated rings. The lowest BCUT2D eigenvalue weighted by atomic mass is 10.2. The number of ketones is 1. The van der Waals surface area contributed by atoms with Crippen LogP contribution in [0.4, 0.5) is 4.39 Å². The molecule has 0 N–H and O–H groups in total. The third-order valence-electron chi connectivity index (χ3n) is 2.92. The summed E-state index contributed by atoms with van der Waals surface area (Å²) in [6.45, 7) is 0. The first-order chi connectivity index (χ1) is 10.2. The van der Waals surface area contributed by atoms with Crippen molar-refractivity contribution in [3.63, 3.8) is 0 Å². The Morgan fingerprint density at radius 2 is 1.90 bits per heavy atom. The van der Waals surface area contributed by atoms with E-state index in [0.29, 0.717) is 16.4 Å². The Balaban J connectivity index is 1.76. The summed E-state index contributed by atoms with van der Waals surface area (Å²) in [6.07, 6.45) is 3.12. The van der Waals surface area contributed by atoms with E-state index in [-0.39, 0.29) is 11.6 Å². The van der Waals surface area contributed by atoms with Crippen LogP contribution >= 0.6 is 11.3 Å². The maximum atomic E-state index is 12.9. The van der Waals surface area contributed by atoms with Crippen molar-refractivity contribution < 1.29 is 13.6 Å². The zero-order valence-corrected chi connectivity index (χ0v) is 11.8. The summed E-state index contributed by atoms with van der Waals surface area (Å²) in [5.74, 6) is 0.883. The maximum absolute atomic E-state index is 12.9. The summed E-state index contributed by atoms with van der Waals surface area (Å²) in [5.41, 5.74) is 0.792. The molecule has 0 atom stereocenters. The van der Waals surface area contributed by atoms with Gasteiger partial charge in [0.1, 0.15) is 17.3 Å². The molecule has 0 aliphatic heterocycles. The van der Waals surface area contributed by atoms with Crippen molar-refractivity contribution in [2.75, 3.05) is 0 Å². The third-order valence-corrected chi connectivity index (χ3v) is 3.80. The monoisotopic (exact) mass is 298 g/mol. The summed E-state index contributed by atoms with van der Waals surface area (Å²) in [7, 11) is 0. The molecule has 0 radical (unpaired) electrons. The second kappa shape index (κ2) is 5.89. The molecule has 0 bridgehead atoms. The molecular formula is C17H11FO2S. The normalized spacial score (nSPS) is 11.1. The van der Waals surface area contributed by atoms with Gasteiger partial charge in [-0.1, -0.05) is 6.07 Å². The summed E-state index contributed by atoms with van der Waals surface area (Å²) < 4.78 is 18.5. The van der Waals surface area contributed by atoms with E-state index in [1.54, 1.807) is 36.4 Å². The average Bonchev–Trinajstić information content (AvgIpc) is 3.17. The molecule has 0 aliphatic rings. The summed E-state index contributed by atoms with van der Waals surface area (Å²) in [5, 5.41) is 1.86. The summed E-state index contributed by atoms with van der Waals surface area (Å²) in [4.78, 5) is 12.5. The lowest BCUT2D eigenvalue weighted by Gasteiger charge is -1.95. The topological polar surface area (TPSA) is 30.2 Å². The van der Waals surface area contributed by atoms with Crippen LogP contribution in [0.3, 0.4) is 0 Å². The molecule has 0 saturated carbocycles. The minimum absolute atomic E-state index is 0.0512. The molecular weight excluding hydrogens is 287 g/mol. The van der Waals surface area contributed by atoms with Gasteiger partial charge in [-0.25, -0.2) is 4.39 Å². The quantitative estimate of drug-likeness (QED) is 0.499. The first-order valence-corrected chi connectivity index (χ1v) is 7.22. The number of carbonyl (C=O) groups is 1. The van der Waals surface area contributed by atoms with E-state index in [1.165, 1.54) is 29.5 Å². The number of hydrogen-bond donors (Lipinski definition) is 0. The molecule has 0 saturated heterocycles. The Labute approximate surface area is 125 Å². The van der Waals surface area contributed by atoms with Crippen molar-refractivity contribution in [1.29, 1.82) is 0 Å². The highest BCUT2D eigenvalue weighted by atomic mass is 32.1. The molecule has 2 heterocycles. The molecule has 104 valence electrons. The fourth-order valence-corrected chi connectivity index (χ4v) is 2.52. The molecule has 0 amide bonds. The number of thiophene rings is 1. The third kappa shape index (κ3) is 3.17. The van der Waals surface area contributed by atoms with Gasteiger partial charge in [-0.3, -0.25) is 4.79 Å². The summed E-state index contributed by atoms with van der Waals surface area (Å²) in [6, 6.07) is 13.3. The molecule has 4 heteroatoms. The summed E-state index contributed by atoms with van der Waals surface area (Å²) >= 11 is 1.40. The molecule has 0 spiro atoms. The molecule has 3 aromatic rings. The smallest absolute Gasteiger partial charge is 0.195 e. The highest BCUT2D eigenvalue weighted by molar-refractivity contribution is 7.12. The number of carbonyl (C=O) groups excluding carboxylic acids is 1. The Bertz CT molecular complexity index is 767. The van der Waals surface area contributed by atoms with E-state index in [2.05, 4.69) is 0 Å². The van der Waals surface area contributed by atoms with Gasteiger partial charge in [0.25, 0.3) is 0 Å². The predicted octanol–water partition coefficient (Wildman–Crippen LogP) is 5.04. The van der Waals surface area contributed by atoms with Crippen LogP contribution in [0.25, 0.3) is 17.4 Å². The van der Waals surface area contributed by atoms with Gasteiger partial charge in [-0.2, -0.15) is 0 Å². The molecule has 21 heavy (non-hydrogen) atoms. The fourth-order valence-electron chi connectivity index (χ4n) is 1.87. The van der Waals surface area contributed by atoms with Gasteiger partial charge in [0.15, 0.2) is 5.78 Å². The van der Waals surface area contributed by atoms with Gasteiger partial charge in [0, 0.05) is 5.56 Å². The standard InChI is InChI=1S/C17H11FO2S/c18-13-5-3-12(4-6-13)16-10-8-14(20-16)7-9-15(19)17-2-1-11-21-17/h1-11H/b9-7+. The molecule has 0 unspecified atom stereocenters. The van der Waals surface area contributed by atoms with Gasteiger partial charge in [0.05, 0.1) is 4.88 Å². The van der Waals surface area contributed by atoms with Gasteiger partial charge < -0.3 is 4.42 Å². The molecule has 3 rings (SSSR count). The van der Waals surface area contributed by atoms with Crippen molar-refractivity contribution in [2.45, 2.75) is 0 Å². The van der Waals surface area contributed by atoms with E-state index in [1.807, 2.05) is 11.4 Å². The van der Waals surface area contributed by atoms with Gasteiger partial charge in [-0.15, -0.1) is 11.3 Å². The molecule has 2 aromatic heterocycles. The van der Waals surface area contributed by atoms with Crippen LogP contribution in [-0.2, 0) is 0 Å². The number of benzene rings is 1. The predicted molar refractivity (Wildman–Crippen MR) is 81.8 cm³/mol. The van der Waals surface area contributed by atoms with Crippen molar-refractivity contribution in [3.05, 3.63) is 76.4 Å². The second-order valence-corrected chi connectivity index (χ2v) is 5.33. The molecule has 2 nitrogen and oxygen atoms in total. The Kier molecular flexibility index (Phi) is 3.79. The zero-order valence-electron chi connectivity index (χ0n) is 11.0. The second-order valence-electron chi connectivity index (χ2n) is 4.38. The fraction of sp³-hybridized carbons (Fsp3) is 0. The lowest BCUT2D eigenvalue weighted by molar-refractivity contribution is 0.105. The van der Waals surface area contributed by atoms with Gasteiger partial charge in [0.2, 0.25) is 0 Å². The van der Waals surface area contributed by atoms with Crippen LogP contribution in [0.5, 0.6) is 0 Å². The SMILES string of the molecule is O=C(/C=C/c1ccc(-c2ccc(F)cc2)o1)c1cccs1. The number of halogens is 1. The van der Waals surface area contributed by atoms with Gasteiger partial charge >= 0.3 is 0 Å². The van der Waals surface area contributed by atoms with Gasteiger partial charge in [-0.05, 0) is 60.0 Å². The Morgan fingerprint density at radius 1 is 1.10 bits per heavy atom. The number of furan rings is 1. The van der Waals surface area contributed by atoms with E-state index in [4.69, 9.17) is 4.42 Å². The largest absolute Gasteiger partial charge is 0.457 e. The van der Waals surface area contributed by atoms with E-state index >= 15 is 0 Å². The number of allylic oxidation sites excluding steroid dienone is 1. The van der Waals surface area contributed by atoms with Crippen molar-refractivity contribution in [2.24, 2.45) is 0 Å². The van der Waals surface area contributed by atoms with E-state index in [9.17, 15) is 9.18 Å². The highest BCUT2D eigenvalue weighted by Gasteiger charge is 2.05. The van der Waals surface area contributed by atoms with Crippen LogP contribution < -0.4 is 0 Å². The first-order valence-electron chi connectivity index (χ1n) is 6.34. The first kappa shape index (κ1) is 13.5. The molecule has 0 aliphatic carbocycles. The van der Waals surface area contributed by atoms with Crippen LogP contribution in [0.2, 0.25) is 0 Å².